The summed E-state index contributed by atoms with van der Waals surface area (Å²) in [5, 5.41) is 4.75. The Kier molecular flexibility index (Phi) is 6.52. The molecule has 0 saturated heterocycles. The van der Waals surface area contributed by atoms with Gasteiger partial charge in [0, 0.05) is 16.8 Å². The van der Waals surface area contributed by atoms with Crippen LogP contribution in [0.15, 0.2) is 114 Å². The van der Waals surface area contributed by atoms with Crippen LogP contribution in [0.4, 0.5) is 0 Å². The van der Waals surface area contributed by atoms with E-state index in [0.717, 1.165) is 10.6 Å². The minimum absolute atomic E-state index is 0.639. The molecule has 0 N–H and O–H groups in total. The van der Waals surface area contributed by atoms with Crippen molar-refractivity contribution in [2.45, 2.75) is 6.54 Å². The zero-order chi connectivity index (χ0) is 19.9. The molecule has 0 aliphatic carbocycles. The van der Waals surface area contributed by atoms with Gasteiger partial charge in [-0.3, -0.25) is 4.99 Å². The largest absolute Gasteiger partial charge is 0.288 e. The van der Waals surface area contributed by atoms with E-state index in [0.29, 0.717) is 6.54 Å². The van der Waals surface area contributed by atoms with Gasteiger partial charge in [0.25, 0.3) is 0 Å². The third-order valence-electron chi connectivity index (χ3n) is 4.62. The van der Waals surface area contributed by atoms with E-state index in [1.165, 1.54) is 21.5 Å². The van der Waals surface area contributed by atoms with Crippen LogP contribution in [0.5, 0.6) is 0 Å². The highest BCUT2D eigenvalue weighted by Gasteiger charge is 2.18. The molecule has 0 aromatic heterocycles. The third kappa shape index (κ3) is 5.01. The Labute approximate surface area is 178 Å². The van der Waals surface area contributed by atoms with Gasteiger partial charge >= 0.3 is 0 Å². The summed E-state index contributed by atoms with van der Waals surface area (Å²) >= 11 is 5.98. The van der Waals surface area contributed by atoms with E-state index in [9.17, 15) is 0 Å². The van der Waals surface area contributed by atoms with E-state index < -0.39 is 7.92 Å². The van der Waals surface area contributed by atoms with Crippen LogP contribution in [0.1, 0.15) is 11.1 Å². The van der Waals surface area contributed by atoms with E-state index >= 15 is 0 Å². The zero-order valence-electron chi connectivity index (χ0n) is 15.9. The lowest BCUT2D eigenvalue weighted by Gasteiger charge is -2.21. The SMILES string of the molecule is Clc1ccc(CN=Cc2ccccc2P(c2ccccc2)c2ccccc2)cc1. The normalized spacial score (nSPS) is 11.2. The molecule has 3 heteroatoms. The number of aliphatic imine (C=N–C) groups is 1. The lowest BCUT2D eigenvalue weighted by atomic mass is 10.2. The van der Waals surface area contributed by atoms with Gasteiger partial charge in [-0.1, -0.05) is 109 Å². The number of benzene rings is 4. The molecule has 0 saturated carbocycles. The summed E-state index contributed by atoms with van der Waals surface area (Å²) in [5.41, 5.74) is 2.32. The highest BCUT2D eigenvalue weighted by Crippen LogP contribution is 2.33. The van der Waals surface area contributed by atoms with Gasteiger partial charge in [-0.25, -0.2) is 0 Å². The average molecular weight is 414 g/mol. The number of hydrogen-bond acceptors (Lipinski definition) is 1. The van der Waals surface area contributed by atoms with Gasteiger partial charge < -0.3 is 0 Å². The van der Waals surface area contributed by atoms with E-state index in [1.54, 1.807) is 0 Å². The standard InChI is InChI=1S/C26H21ClNP/c27-23-17-15-21(16-18-23)19-28-20-22-9-7-8-14-26(22)29(24-10-3-1-4-11-24)25-12-5-2-6-13-25/h1-18,20H,19H2. The van der Waals surface area contributed by atoms with Crippen molar-refractivity contribution in [3.63, 3.8) is 0 Å². The Morgan fingerprint density at radius 2 is 1.21 bits per heavy atom. The fourth-order valence-electron chi connectivity index (χ4n) is 3.22. The topological polar surface area (TPSA) is 12.4 Å². The van der Waals surface area contributed by atoms with E-state index in [4.69, 9.17) is 16.6 Å². The molecule has 29 heavy (non-hydrogen) atoms. The smallest absolute Gasteiger partial charge is 0.0640 e. The quantitative estimate of drug-likeness (QED) is 0.283. The molecule has 0 fully saturated rings. The van der Waals surface area contributed by atoms with Crippen molar-refractivity contribution in [3.05, 3.63) is 125 Å². The maximum Gasteiger partial charge on any atom is 0.0640 e. The summed E-state index contributed by atoms with van der Waals surface area (Å²) in [6, 6.07) is 37.9. The number of halogens is 1. The Morgan fingerprint density at radius 3 is 1.83 bits per heavy atom. The van der Waals surface area contributed by atoms with Gasteiger partial charge in [-0.05, 0) is 41.5 Å². The first kappa shape index (κ1) is 19.6. The van der Waals surface area contributed by atoms with Crippen molar-refractivity contribution in [2.75, 3.05) is 0 Å². The second-order valence-electron chi connectivity index (χ2n) is 6.66. The molecule has 4 rings (SSSR count). The monoisotopic (exact) mass is 413 g/mol. The Bertz CT molecular complexity index is 1040. The summed E-state index contributed by atoms with van der Waals surface area (Å²) < 4.78 is 0. The van der Waals surface area contributed by atoms with E-state index in [2.05, 4.69) is 84.9 Å². The first-order valence-electron chi connectivity index (χ1n) is 9.55. The maximum atomic E-state index is 5.98. The van der Waals surface area contributed by atoms with E-state index in [-0.39, 0.29) is 0 Å². The molecule has 0 atom stereocenters. The molecule has 0 spiro atoms. The van der Waals surface area contributed by atoms with Crippen molar-refractivity contribution < 1.29 is 0 Å². The number of hydrogen-bond donors (Lipinski definition) is 0. The maximum absolute atomic E-state index is 5.98. The molecule has 0 aliphatic rings. The average Bonchev–Trinajstić information content (AvgIpc) is 2.78. The van der Waals surface area contributed by atoms with Crippen LogP contribution in [-0.4, -0.2) is 6.21 Å². The van der Waals surface area contributed by atoms with Crippen molar-refractivity contribution in [3.8, 4) is 0 Å². The van der Waals surface area contributed by atoms with Gasteiger partial charge in [-0.15, -0.1) is 0 Å². The van der Waals surface area contributed by atoms with Crippen LogP contribution in [-0.2, 0) is 6.54 Å². The van der Waals surface area contributed by atoms with Crippen LogP contribution >= 0.6 is 19.5 Å². The second kappa shape index (κ2) is 9.65. The van der Waals surface area contributed by atoms with Gasteiger partial charge in [0.15, 0.2) is 0 Å². The van der Waals surface area contributed by atoms with Gasteiger partial charge in [-0.2, -0.15) is 0 Å². The van der Waals surface area contributed by atoms with Crippen LogP contribution in [0.25, 0.3) is 0 Å². The molecule has 0 radical (unpaired) electrons. The predicted octanol–water partition coefficient (Wildman–Crippen LogP) is 5.72. The molecule has 4 aromatic carbocycles. The number of rotatable bonds is 6. The van der Waals surface area contributed by atoms with Crippen molar-refractivity contribution in [2.24, 2.45) is 4.99 Å². The lowest BCUT2D eigenvalue weighted by molar-refractivity contribution is 1.08. The van der Waals surface area contributed by atoms with Gasteiger partial charge in [0.05, 0.1) is 6.54 Å². The Balaban J connectivity index is 1.69. The summed E-state index contributed by atoms with van der Waals surface area (Å²) in [5.74, 6) is 0. The van der Waals surface area contributed by atoms with Gasteiger partial charge in [0.1, 0.15) is 0 Å². The minimum atomic E-state index is -0.651. The highest BCUT2D eigenvalue weighted by molar-refractivity contribution is 7.80. The Morgan fingerprint density at radius 1 is 0.655 bits per heavy atom. The fourth-order valence-corrected chi connectivity index (χ4v) is 5.77. The molecular weight excluding hydrogens is 393 g/mol. The Hall–Kier alpha value is -2.73. The van der Waals surface area contributed by atoms with E-state index in [1.807, 2.05) is 30.5 Å². The van der Waals surface area contributed by atoms with Gasteiger partial charge in [0.2, 0.25) is 0 Å². The molecule has 1 nitrogen and oxygen atoms in total. The van der Waals surface area contributed by atoms with Crippen LogP contribution in [0.3, 0.4) is 0 Å². The molecule has 0 aliphatic heterocycles. The summed E-state index contributed by atoms with van der Waals surface area (Å²) in [6.07, 6.45) is 2.01. The zero-order valence-corrected chi connectivity index (χ0v) is 17.6. The predicted molar refractivity (Wildman–Crippen MR) is 128 cm³/mol. The molecule has 142 valence electrons. The number of nitrogens with zero attached hydrogens (tertiary/aromatic N) is 1. The van der Waals surface area contributed by atoms with Crippen LogP contribution < -0.4 is 15.9 Å². The van der Waals surface area contributed by atoms with Crippen LogP contribution in [0.2, 0.25) is 5.02 Å². The lowest BCUT2D eigenvalue weighted by Crippen LogP contribution is -2.23. The fraction of sp³-hybridized carbons (Fsp3) is 0.0385. The molecule has 4 aromatic rings. The summed E-state index contributed by atoms with van der Waals surface area (Å²) in [4.78, 5) is 4.71. The van der Waals surface area contributed by atoms with Crippen LogP contribution in [0, 0.1) is 0 Å². The second-order valence-corrected chi connectivity index (χ2v) is 9.28. The first-order valence-corrected chi connectivity index (χ1v) is 11.3. The van der Waals surface area contributed by atoms with Crippen molar-refractivity contribution in [1.82, 2.24) is 0 Å². The molecule has 0 unspecified atom stereocenters. The summed E-state index contributed by atoms with van der Waals surface area (Å²) in [7, 11) is -0.651. The third-order valence-corrected chi connectivity index (χ3v) is 7.39. The molecule has 0 bridgehead atoms. The highest BCUT2D eigenvalue weighted by atomic mass is 35.5. The van der Waals surface area contributed by atoms with Crippen molar-refractivity contribution >= 4 is 41.7 Å². The summed E-state index contributed by atoms with van der Waals surface area (Å²) in [6.45, 7) is 0.639. The molecule has 0 heterocycles. The molecule has 0 amide bonds. The minimum Gasteiger partial charge on any atom is -0.288 e. The molecular formula is C26H21ClNP. The van der Waals surface area contributed by atoms with Crippen molar-refractivity contribution in [1.29, 1.82) is 0 Å². The first-order chi connectivity index (χ1) is 14.3.